The van der Waals surface area contributed by atoms with Gasteiger partial charge in [-0.05, 0) is 11.0 Å². The van der Waals surface area contributed by atoms with Crippen molar-refractivity contribution in [2.75, 3.05) is 0 Å². The van der Waals surface area contributed by atoms with Crippen LogP contribution in [-0.2, 0) is 5.41 Å². The molecule has 0 bridgehead atoms. The number of hydrogen-bond acceptors (Lipinski definition) is 0. The van der Waals surface area contributed by atoms with Crippen molar-refractivity contribution in [3.8, 4) is 0 Å². The molecule has 0 unspecified atom stereocenters. The standard InChI is InChI=1S/C10H12F/c1-10(2,3)8-6-4-5-7-9(8)11/h4-6H,1-3H3. The van der Waals surface area contributed by atoms with Gasteiger partial charge < -0.3 is 0 Å². The maximum atomic E-state index is 13.0. The highest BCUT2D eigenvalue weighted by Gasteiger charge is 2.16. The average Bonchev–Trinajstić information content (AvgIpc) is 1.86. The maximum Gasteiger partial charge on any atom is 0.134 e. The third-order valence-electron chi connectivity index (χ3n) is 1.61. The van der Waals surface area contributed by atoms with E-state index in [0.717, 1.165) is 5.56 Å². The van der Waals surface area contributed by atoms with Gasteiger partial charge in [0, 0.05) is 6.07 Å². The van der Waals surface area contributed by atoms with Gasteiger partial charge in [-0.15, -0.1) is 0 Å². The molecule has 0 heterocycles. The van der Waals surface area contributed by atoms with Crippen LogP contribution in [-0.4, -0.2) is 0 Å². The molecule has 11 heavy (non-hydrogen) atoms. The summed E-state index contributed by atoms with van der Waals surface area (Å²) in [5.74, 6) is -0.236. The lowest BCUT2D eigenvalue weighted by atomic mass is 9.87. The van der Waals surface area contributed by atoms with Crippen molar-refractivity contribution in [1.82, 2.24) is 0 Å². The van der Waals surface area contributed by atoms with Crippen molar-refractivity contribution < 1.29 is 4.39 Å². The van der Waals surface area contributed by atoms with Crippen LogP contribution in [0.15, 0.2) is 18.2 Å². The Labute approximate surface area is 67.1 Å². The highest BCUT2D eigenvalue weighted by atomic mass is 19.1. The second kappa shape index (κ2) is 2.65. The molecule has 0 fully saturated rings. The van der Waals surface area contributed by atoms with Crippen molar-refractivity contribution >= 4 is 0 Å². The smallest absolute Gasteiger partial charge is 0.134 e. The van der Waals surface area contributed by atoms with Crippen LogP contribution < -0.4 is 0 Å². The molecule has 0 nitrogen and oxygen atoms in total. The molecule has 59 valence electrons. The van der Waals surface area contributed by atoms with E-state index in [1.165, 1.54) is 0 Å². The zero-order valence-corrected chi connectivity index (χ0v) is 7.11. The first kappa shape index (κ1) is 8.25. The summed E-state index contributed by atoms with van der Waals surface area (Å²) in [6.45, 7) is 5.96. The normalized spacial score (nSPS) is 11.6. The van der Waals surface area contributed by atoms with Crippen LogP contribution in [0.4, 0.5) is 4.39 Å². The quantitative estimate of drug-likeness (QED) is 0.534. The van der Waals surface area contributed by atoms with E-state index in [2.05, 4.69) is 6.07 Å². The third kappa shape index (κ3) is 1.79. The van der Waals surface area contributed by atoms with Crippen molar-refractivity contribution in [1.29, 1.82) is 0 Å². The van der Waals surface area contributed by atoms with Crippen LogP contribution in [0.5, 0.6) is 0 Å². The van der Waals surface area contributed by atoms with E-state index < -0.39 is 0 Å². The maximum absolute atomic E-state index is 13.0. The fourth-order valence-electron chi connectivity index (χ4n) is 0.996. The Morgan fingerprint density at radius 3 is 2.36 bits per heavy atom. The zero-order chi connectivity index (χ0) is 8.48. The molecule has 0 aliphatic rings. The Bertz CT molecular complexity index is 245. The predicted octanol–water partition coefficient (Wildman–Crippen LogP) is 2.92. The molecule has 0 aliphatic carbocycles. The van der Waals surface area contributed by atoms with Crippen LogP contribution in [0.3, 0.4) is 0 Å². The number of halogens is 1. The molecule has 0 aliphatic heterocycles. The van der Waals surface area contributed by atoms with Gasteiger partial charge in [0.25, 0.3) is 0 Å². The molecule has 1 radical (unpaired) electrons. The zero-order valence-electron chi connectivity index (χ0n) is 7.11. The SMILES string of the molecule is CC(C)(C)c1ccc[c]c1F. The Morgan fingerprint density at radius 2 is 2.00 bits per heavy atom. The minimum atomic E-state index is -0.236. The summed E-state index contributed by atoms with van der Waals surface area (Å²) in [7, 11) is 0. The molecular formula is C10H12F. The van der Waals surface area contributed by atoms with Gasteiger partial charge in [-0.2, -0.15) is 0 Å². The molecule has 1 aromatic rings. The summed E-state index contributed by atoms with van der Waals surface area (Å²) in [6.07, 6.45) is 0. The fourth-order valence-corrected chi connectivity index (χ4v) is 0.996. The van der Waals surface area contributed by atoms with Gasteiger partial charge in [0.15, 0.2) is 0 Å². The minimum absolute atomic E-state index is 0.123. The summed E-state index contributed by atoms with van der Waals surface area (Å²) in [4.78, 5) is 0. The summed E-state index contributed by atoms with van der Waals surface area (Å²) >= 11 is 0. The van der Waals surface area contributed by atoms with Crippen LogP contribution >= 0.6 is 0 Å². The highest BCUT2D eigenvalue weighted by Crippen LogP contribution is 2.23. The summed E-state index contributed by atoms with van der Waals surface area (Å²) < 4.78 is 13.0. The molecule has 0 amide bonds. The van der Waals surface area contributed by atoms with Crippen LogP contribution in [0.1, 0.15) is 26.3 Å². The molecular weight excluding hydrogens is 139 g/mol. The highest BCUT2D eigenvalue weighted by molar-refractivity contribution is 5.23. The van der Waals surface area contributed by atoms with Crippen molar-refractivity contribution in [3.63, 3.8) is 0 Å². The summed E-state index contributed by atoms with van der Waals surface area (Å²) in [6, 6.07) is 7.73. The van der Waals surface area contributed by atoms with Crippen LogP contribution in [0.25, 0.3) is 0 Å². The summed E-state index contributed by atoms with van der Waals surface area (Å²) in [5, 5.41) is 0. The fraction of sp³-hybridized carbons (Fsp3) is 0.400. The van der Waals surface area contributed by atoms with Crippen molar-refractivity contribution in [2.45, 2.75) is 26.2 Å². The van der Waals surface area contributed by atoms with E-state index >= 15 is 0 Å². The van der Waals surface area contributed by atoms with E-state index in [4.69, 9.17) is 0 Å². The lowest BCUT2D eigenvalue weighted by Crippen LogP contribution is -2.13. The molecule has 1 rings (SSSR count). The number of benzene rings is 1. The topological polar surface area (TPSA) is 0 Å². The molecule has 0 aromatic heterocycles. The van der Waals surface area contributed by atoms with E-state index in [1.54, 1.807) is 12.1 Å². The lowest BCUT2D eigenvalue weighted by molar-refractivity contribution is 0.522. The van der Waals surface area contributed by atoms with Gasteiger partial charge in [0.05, 0.1) is 0 Å². The Hall–Kier alpha value is -0.850. The van der Waals surface area contributed by atoms with Crippen LogP contribution in [0, 0.1) is 11.9 Å². The lowest BCUT2D eigenvalue weighted by Gasteiger charge is -2.18. The molecule has 0 atom stereocenters. The largest absolute Gasteiger partial charge is 0.206 e. The van der Waals surface area contributed by atoms with Gasteiger partial charge in [-0.25, -0.2) is 4.39 Å². The van der Waals surface area contributed by atoms with E-state index in [-0.39, 0.29) is 11.2 Å². The van der Waals surface area contributed by atoms with Gasteiger partial charge in [-0.3, -0.25) is 0 Å². The van der Waals surface area contributed by atoms with Gasteiger partial charge in [0.2, 0.25) is 0 Å². The molecule has 0 spiro atoms. The predicted molar refractivity (Wildman–Crippen MR) is 43.9 cm³/mol. The first-order valence-corrected chi connectivity index (χ1v) is 3.68. The first-order chi connectivity index (χ1) is 5.02. The van der Waals surface area contributed by atoms with Gasteiger partial charge >= 0.3 is 0 Å². The Kier molecular flexibility index (Phi) is 1.99. The van der Waals surface area contributed by atoms with Gasteiger partial charge in [-0.1, -0.05) is 39.0 Å². The molecule has 1 heteroatoms. The molecule has 1 aromatic carbocycles. The third-order valence-corrected chi connectivity index (χ3v) is 1.61. The first-order valence-electron chi connectivity index (χ1n) is 3.68. The van der Waals surface area contributed by atoms with E-state index in [1.807, 2.05) is 26.8 Å². The van der Waals surface area contributed by atoms with E-state index in [9.17, 15) is 4.39 Å². The monoisotopic (exact) mass is 151 g/mol. The number of hydrogen-bond donors (Lipinski definition) is 0. The average molecular weight is 151 g/mol. The van der Waals surface area contributed by atoms with Crippen molar-refractivity contribution in [2.24, 2.45) is 0 Å². The molecule has 0 saturated carbocycles. The molecule has 0 N–H and O–H groups in total. The second-order valence-electron chi connectivity index (χ2n) is 3.65. The van der Waals surface area contributed by atoms with E-state index in [0.29, 0.717) is 0 Å². The Morgan fingerprint density at radius 1 is 1.36 bits per heavy atom. The van der Waals surface area contributed by atoms with Gasteiger partial charge in [0.1, 0.15) is 5.82 Å². The minimum Gasteiger partial charge on any atom is -0.206 e. The van der Waals surface area contributed by atoms with Crippen LogP contribution in [0.2, 0.25) is 0 Å². The Balaban J connectivity index is 3.14. The second-order valence-corrected chi connectivity index (χ2v) is 3.65. The number of rotatable bonds is 0. The molecule has 0 saturated heterocycles. The van der Waals surface area contributed by atoms with Crippen molar-refractivity contribution in [3.05, 3.63) is 35.6 Å². The summed E-state index contributed by atoms with van der Waals surface area (Å²) in [5.41, 5.74) is 0.599.